The van der Waals surface area contributed by atoms with Crippen LogP contribution in [0.2, 0.25) is 0 Å². The Balaban J connectivity index is 1.53. The van der Waals surface area contributed by atoms with Crippen LogP contribution in [0, 0.1) is 0 Å². The van der Waals surface area contributed by atoms with Crippen molar-refractivity contribution in [1.29, 1.82) is 0 Å². The van der Waals surface area contributed by atoms with Gasteiger partial charge in [-0.25, -0.2) is 0 Å². The molecule has 0 bridgehead atoms. The molecule has 2 heterocycles. The number of rotatable bonds is 6. The summed E-state index contributed by atoms with van der Waals surface area (Å²) in [6.07, 6.45) is 3.94. The van der Waals surface area contributed by atoms with Gasteiger partial charge in [-0.05, 0) is 36.4 Å². The first-order chi connectivity index (χ1) is 11.7. The van der Waals surface area contributed by atoms with E-state index in [1.165, 1.54) is 0 Å². The lowest BCUT2D eigenvalue weighted by Crippen LogP contribution is -2.12. The summed E-state index contributed by atoms with van der Waals surface area (Å²) in [5.41, 5.74) is 1.46. The molecule has 0 unspecified atom stereocenters. The van der Waals surface area contributed by atoms with Gasteiger partial charge in [0.25, 0.3) is 0 Å². The molecule has 0 aliphatic heterocycles. The molecule has 0 aliphatic carbocycles. The van der Waals surface area contributed by atoms with Crippen molar-refractivity contribution < 1.29 is 13.9 Å². The maximum atomic E-state index is 12.0. The van der Waals surface area contributed by atoms with E-state index in [2.05, 4.69) is 20.5 Å². The summed E-state index contributed by atoms with van der Waals surface area (Å²) >= 11 is 0. The fraction of sp³-hybridized carbons (Fsp3) is 0.176. The van der Waals surface area contributed by atoms with Crippen LogP contribution in [0.15, 0.2) is 53.2 Å². The lowest BCUT2D eigenvalue weighted by atomic mass is 10.2. The summed E-state index contributed by atoms with van der Waals surface area (Å²) in [6, 6.07) is 10.8. The molecule has 7 heteroatoms. The van der Waals surface area contributed by atoms with Crippen LogP contribution in [0.25, 0.3) is 11.5 Å². The van der Waals surface area contributed by atoms with Gasteiger partial charge in [-0.2, -0.15) is 0 Å². The maximum Gasteiger partial charge on any atom is 0.249 e. The Morgan fingerprint density at radius 2 is 2.04 bits per heavy atom. The number of amides is 1. The molecule has 1 amide bonds. The zero-order valence-corrected chi connectivity index (χ0v) is 13.1. The fourth-order valence-electron chi connectivity index (χ4n) is 2.08. The molecule has 2 aromatic heterocycles. The van der Waals surface area contributed by atoms with Crippen LogP contribution >= 0.6 is 0 Å². The first kappa shape index (κ1) is 15.7. The molecule has 0 saturated heterocycles. The van der Waals surface area contributed by atoms with Gasteiger partial charge in [-0.3, -0.25) is 9.78 Å². The van der Waals surface area contributed by atoms with Crippen molar-refractivity contribution >= 4 is 11.6 Å². The van der Waals surface area contributed by atoms with Crippen molar-refractivity contribution in [1.82, 2.24) is 15.2 Å². The molecule has 0 aliphatic rings. The summed E-state index contributed by atoms with van der Waals surface area (Å²) in [5, 5.41) is 10.7. The standard InChI is InChI=1S/C17H16N4O3/c1-23-14-6-4-13(5-7-14)19-15(22)8-9-16-20-21-17(24-16)12-3-2-10-18-11-12/h2-7,10-11H,8-9H2,1H3,(H,19,22). The van der Waals surface area contributed by atoms with E-state index >= 15 is 0 Å². The third-order valence-electron chi connectivity index (χ3n) is 3.32. The zero-order valence-electron chi connectivity index (χ0n) is 13.1. The SMILES string of the molecule is COc1ccc(NC(=O)CCc2nnc(-c3cccnc3)o2)cc1. The van der Waals surface area contributed by atoms with E-state index in [1.54, 1.807) is 49.8 Å². The van der Waals surface area contributed by atoms with Gasteiger partial charge in [0, 0.05) is 30.9 Å². The van der Waals surface area contributed by atoms with Crippen molar-refractivity contribution in [3.8, 4) is 17.2 Å². The number of anilines is 1. The average Bonchev–Trinajstić information content (AvgIpc) is 3.10. The number of carbonyl (C=O) groups excluding carboxylic acids is 1. The first-order valence-corrected chi connectivity index (χ1v) is 7.41. The van der Waals surface area contributed by atoms with Gasteiger partial charge in [-0.1, -0.05) is 0 Å². The van der Waals surface area contributed by atoms with E-state index in [4.69, 9.17) is 9.15 Å². The third-order valence-corrected chi connectivity index (χ3v) is 3.32. The van der Waals surface area contributed by atoms with Gasteiger partial charge in [0.1, 0.15) is 5.75 Å². The Morgan fingerprint density at radius 1 is 1.21 bits per heavy atom. The molecule has 7 nitrogen and oxygen atoms in total. The van der Waals surface area contributed by atoms with Crippen molar-refractivity contribution in [3.05, 3.63) is 54.7 Å². The molecule has 1 aromatic carbocycles. The highest BCUT2D eigenvalue weighted by Gasteiger charge is 2.10. The Morgan fingerprint density at radius 3 is 2.75 bits per heavy atom. The number of aromatic nitrogens is 3. The number of hydrogen-bond donors (Lipinski definition) is 1. The summed E-state index contributed by atoms with van der Waals surface area (Å²) in [4.78, 5) is 16.0. The van der Waals surface area contributed by atoms with Gasteiger partial charge in [0.15, 0.2) is 0 Å². The molecule has 1 N–H and O–H groups in total. The van der Waals surface area contributed by atoms with Crippen molar-refractivity contribution in [2.24, 2.45) is 0 Å². The van der Waals surface area contributed by atoms with Gasteiger partial charge in [-0.15, -0.1) is 10.2 Å². The molecule has 0 fully saturated rings. The summed E-state index contributed by atoms with van der Waals surface area (Å²) < 4.78 is 10.6. The Labute approximate surface area is 138 Å². The second kappa shape index (κ2) is 7.36. The summed E-state index contributed by atoms with van der Waals surface area (Å²) in [7, 11) is 1.59. The molecule has 122 valence electrons. The molecule has 24 heavy (non-hydrogen) atoms. The molecule has 0 spiro atoms. The number of ether oxygens (including phenoxy) is 1. The van der Waals surface area contributed by atoms with Crippen molar-refractivity contribution in [3.63, 3.8) is 0 Å². The molecule has 3 rings (SSSR count). The third kappa shape index (κ3) is 3.95. The highest BCUT2D eigenvalue weighted by atomic mass is 16.5. The van der Waals surface area contributed by atoms with Crippen LogP contribution in [0.1, 0.15) is 12.3 Å². The number of carbonyl (C=O) groups is 1. The average molecular weight is 324 g/mol. The molecule has 0 saturated carbocycles. The van der Waals surface area contributed by atoms with Gasteiger partial charge < -0.3 is 14.5 Å². The van der Waals surface area contributed by atoms with E-state index in [-0.39, 0.29) is 12.3 Å². The predicted molar refractivity (Wildman–Crippen MR) is 87.5 cm³/mol. The minimum absolute atomic E-state index is 0.124. The maximum absolute atomic E-state index is 12.0. The molecular weight excluding hydrogens is 308 g/mol. The lowest BCUT2D eigenvalue weighted by molar-refractivity contribution is -0.116. The van der Waals surface area contributed by atoms with Crippen LogP contribution in [-0.4, -0.2) is 28.2 Å². The molecular formula is C17H16N4O3. The van der Waals surface area contributed by atoms with Gasteiger partial charge in [0.2, 0.25) is 17.7 Å². The van der Waals surface area contributed by atoms with Crippen LogP contribution in [0.5, 0.6) is 5.75 Å². The topological polar surface area (TPSA) is 90.1 Å². The summed E-state index contributed by atoms with van der Waals surface area (Å²) in [5.74, 6) is 1.43. The van der Waals surface area contributed by atoms with Crippen LogP contribution in [-0.2, 0) is 11.2 Å². The first-order valence-electron chi connectivity index (χ1n) is 7.41. The van der Waals surface area contributed by atoms with Crippen LogP contribution < -0.4 is 10.1 Å². The lowest BCUT2D eigenvalue weighted by Gasteiger charge is -2.05. The minimum atomic E-state index is -0.124. The van der Waals surface area contributed by atoms with Gasteiger partial charge >= 0.3 is 0 Å². The van der Waals surface area contributed by atoms with E-state index in [0.717, 1.165) is 11.3 Å². The molecule has 0 atom stereocenters. The van der Waals surface area contributed by atoms with Gasteiger partial charge in [0.05, 0.1) is 12.7 Å². The largest absolute Gasteiger partial charge is 0.497 e. The number of nitrogens with one attached hydrogen (secondary N) is 1. The fourth-order valence-corrected chi connectivity index (χ4v) is 2.08. The second-order valence-corrected chi connectivity index (χ2v) is 5.02. The van der Waals surface area contributed by atoms with E-state index in [9.17, 15) is 4.79 Å². The Kier molecular flexibility index (Phi) is 4.81. The number of hydrogen-bond acceptors (Lipinski definition) is 6. The van der Waals surface area contributed by atoms with E-state index in [1.807, 2.05) is 6.07 Å². The predicted octanol–water partition coefficient (Wildman–Crippen LogP) is 2.71. The smallest absolute Gasteiger partial charge is 0.249 e. The van der Waals surface area contributed by atoms with Crippen LogP contribution in [0.4, 0.5) is 5.69 Å². The number of benzene rings is 1. The number of pyridine rings is 1. The van der Waals surface area contributed by atoms with Crippen molar-refractivity contribution in [2.45, 2.75) is 12.8 Å². The molecule has 0 radical (unpaired) electrons. The zero-order chi connectivity index (χ0) is 16.8. The van der Waals surface area contributed by atoms with E-state index < -0.39 is 0 Å². The monoisotopic (exact) mass is 324 g/mol. The highest BCUT2D eigenvalue weighted by molar-refractivity contribution is 5.90. The Hall–Kier alpha value is -3.22. The second-order valence-electron chi connectivity index (χ2n) is 5.02. The normalized spacial score (nSPS) is 10.4. The quantitative estimate of drug-likeness (QED) is 0.750. The number of nitrogens with zero attached hydrogens (tertiary/aromatic N) is 3. The molecule has 3 aromatic rings. The highest BCUT2D eigenvalue weighted by Crippen LogP contribution is 2.17. The Bertz CT molecular complexity index is 800. The number of methoxy groups -OCH3 is 1. The van der Waals surface area contributed by atoms with Crippen molar-refractivity contribution in [2.75, 3.05) is 12.4 Å². The van der Waals surface area contributed by atoms with E-state index in [0.29, 0.717) is 23.9 Å². The minimum Gasteiger partial charge on any atom is -0.497 e. The summed E-state index contributed by atoms with van der Waals surface area (Å²) in [6.45, 7) is 0. The number of aryl methyl sites for hydroxylation is 1. The van der Waals surface area contributed by atoms with Crippen LogP contribution in [0.3, 0.4) is 0 Å².